The summed E-state index contributed by atoms with van der Waals surface area (Å²) in [7, 11) is 0. The summed E-state index contributed by atoms with van der Waals surface area (Å²) < 4.78 is 18.3. The van der Waals surface area contributed by atoms with Gasteiger partial charge in [0.25, 0.3) is 0 Å². The molecule has 10 nitrogen and oxygen atoms in total. The lowest BCUT2D eigenvalue weighted by Gasteiger charge is -2.69. The van der Waals surface area contributed by atoms with Gasteiger partial charge in [-0.05, 0) is 95.2 Å². The molecule has 6 rings (SSSR count). The van der Waals surface area contributed by atoms with E-state index in [9.17, 15) is 35.4 Å². The molecule has 5 fully saturated rings. The highest BCUT2D eigenvalue weighted by molar-refractivity contribution is 5.66. The fourth-order valence-electron chi connectivity index (χ4n) is 13.4. The van der Waals surface area contributed by atoms with Gasteiger partial charge in [-0.2, -0.15) is 0 Å². The first-order chi connectivity index (χ1) is 22.2. The van der Waals surface area contributed by atoms with Crippen LogP contribution in [0.2, 0.25) is 0 Å². The number of ether oxygens (including phenoxy) is 3. The van der Waals surface area contributed by atoms with E-state index in [-0.39, 0.29) is 51.2 Å². The zero-order valence-corrected chi connectivity index (χ0v) is 30.4. The summed E-state index contributed by atoms with van der Waals surface area (Å²) in [4.78, 5) is 12.6. The van der Waals surface area contributed by atoms with E-state index in [0.29, 0.717) is 6.42 Å². The molecular formula is C38H62O10. The van der Waals surface area contributed by atoms with Gasteiger partial charge in [-0.25, -0.2) is 0 Å². The Bertz CT molecular complexity index is 1280. The van der Waals surface area contributed by atoms with Gasteiger partial charge in [0.15, 0.2) is 6.29 Å². The van der Waals surface area contributed by atoms with Gasteiger partial charge in [0.2, 0.25) is 0 Å². The Kier molecular flexibility index (Phi) is 9.15. The predicted molar refractivity (Wildman–Crippen MR) is 177 cm³/mol. The molecular weight excluding hydrogens is 616 g/mol. The molecule has 0 amide bonds. The zero-order chi connectivity index (χ0) is 35.5. The molecule has 0 aromatic rings. The Hall–Kier alpha value is -1.11. The maximum atomic E-state index is 12.6. The first kappa shape index (κ1) is 36.7. The van der Waals surface area contributed by atoms with E-state index in [1.54, 1.807) is 0 Å². The van der Waals surface area contributed by atoms with Crippen LogP contribution in [0.3, 0.4) is 0 Å². The van der Waals surface area contributed by atoms with Crippen molar-refractivity contribution in [2.75, 3.05) is 6.61 Å². The fourth-order valence-corrected chi connectivity index (χ4v) is 13.4. The molecule has 6 aliphatic rings. The van der Waals surface area contributed by atoms with Crippen LogP contribution in [0.5, 0.6) is 0 Å². The summed E-state index contributed by atoms with van der Waals surface area (Å²) in [6, 6.07) is 0. The van der Waals surface area contributed by atoms with E-state index >= 15 is 0 Å². The molecule has 17 atom stereocenters. The molecule has 1 aliphatic heterocycles. The predicted octanol–water partition coefficient (Wildman–Crippen LogP) is 3.33. The van der Waals surface area contributed by atoms with Gasteiger partial charge in [-0.15, -0.1) is 0 Å². The van der Waals surface area contributed by atoms with Crippen LogP contribution in [0.25, 0.3) is 0 Å². The van der Waals surface area contributed by atoms with Crippen LogP contribution in [0.1, 0.15) is 101 Å². The van der Waals surface area contributed by atoms with Gasteiger partial charge in [0.05, 0.1) is 18.8 Å². The van der Waals surface area contributed by atoms with Gasteiger partial charge in [-0.1, -0.05) is 67.0 Å². The lowest BCUT2D eigenvalue weighted by molar-refractivity contribution is -0.336. The lowest BCUT2D eigenvalue weighted by atomic mass is 9.35. The molecule has 0 unspecified atom stereocenters. The van der Waals surface area contributed by atoms with E-state index in [0.717, 1.165) is 32.1 Å². The third kappa shape index (κ3) is 4.90. The van der Waals surface area contributed by atoms with Crippen molar-refractivity contribution in [3.05, 3.63) is 11.6 Å². The molecule has 1 heterocycles. The number of aliphatic hydroxyl groups is 6. The minimum absolute atomic E-state index is 0.0256. The average Bonchev–Trinajstić information content (AvgIpc) is 3.20. The Morgan fingerprint density at radius 3 is 2.19 bits per heavy atom. The summed E-state index contributed by atoms with van der Waals surface area (Å²) in [5.41, 5.74) is 0.0207. The molecule has 0 aromatic heterocycles. The summed E-state index contributed by atoms with van der Waals surface area (Å²) in [5, 5.41) is 64.7. The number of allylic oxidation sites excluding steroid dienone is 2. The smallest absolute Gasteiger partial charge is 0.302 e. The van der Waals surface area contributed by atoms with Crippen molar-refractivity contribution in [2.45, 2.75) is 156 Å². The second-order valence-electron chi connectivity index (χ2n) is 18.5. The van der Waals surface area contributed by atoms with Crippen LogP contribution < -0.4 is 0 Å². The highest BCUT2D eigenvalue weighted by Gasteiger charge is 2.73. The van der Waals surface area contributed by atoms with Crippen LogP contribution in [0.4, 0.5) is 0 Å². The minimum atomic E-state index is -1.57. The summed E-state index contributed by atoms with van der Waals surface area (Å²) in [6.07, 6.45) is -2.37. The van der Waals surface area contributed by atoms with Gasteiger partial charge in [-0.3, -0.25) is 4.79 Å². The number of hydrogen-bond donors (Lipinski definition) is 6. The molecule has 1 saturated heterocycles. The van der Waals surface area contributed by atoms with Gasteiger partial charge >= 0.3 is 5.97 Å². The Labute approximate surface area is 286 Å². The standard InChI is InChI=1S/C38H62O10/c1-18(2)25-27(42)29(44)31-35(25,6)14-15-37(8)21-10-11-24-34(4,5)32(48-33-30(45)28(43)26(41)23(17-39)47-33)22(46-19(3)40)16-36(24,7)20(21)12-13-38(31,37)9/h12,18,21-33,39,41-45H,10-11,13-17H2,1-9H3/t21-,22-,23-,24-,25-,26+,27+,28+,29-,30+,31+,32-,33+,35+,36+,37-,38+/m0/s1. The normalized spacial score (nSPS) is 54.4. The van der Waals surface area contributed by atoms with Crippen LogP contribution in [0, 0.1) is 56.7 Å². The second kappa shape index (κ2) is 12.0. The SMILES string of the molecule is CC(=O)O[C@H]1C[C@]2(C)C3=CC[C@]4(C)[C@@H]5[C@@H](O)[C@H](O)[C@H](C(C)C)[C@@]5(C)CC[C@@]4(C)[C@H]3CC[C@H]2C(C)(C)[C@H]1O[C@H]1O[C@@H](CO)[C@@H](O)[C@@H](O)[C@H]1O. The summed E-state index contributed by atoms with van der Waals surface area (Å²) in [5.74, 6) is 0.234. The quantitative estimate of drug-likeness (QED) is 0.144. The Balaban J connectivity index is 1.36. The fraction of sp³-hybridized carbons (Fsp3) is 0.921. The highest BCUT2D eigenvalue weighted by atomic mass is 16.7. The second-order valence-corrected chi connectivity index (χ2v) is 18.5. The molecule has 48 heavy (non-hydrogen) atoms. The Morgan fingerprint density at radius 2 is 1.58 bits per heavy atom. The zero-order valence-electron chi connectivity index (χ0n) is 30.4. The van der Waals surface area contributed by atoms with Crippen LogP contribution in [-0.4, -0.2) is 98.3 Å². The molecule has 0 bridgehead atoms. The third-order valence-electron chi connectivity index (χ3n) is 15.5. The number of carbonyl (C=O) groups excluding carboxylic acids is 1. The van der Waals surface area contributed by atoms with E-state index in [4.69, 9.17) is 14.2 Å². The van der Waals surface area contributed by atoms with E-state index in [1.165, 1.54) is 12.5 Å². The average molecular weight is 679 g/mol. The minimum Gasteiger partial charge on any atom is -0.460 e. The monoisotopic (exact) mass is 678 g/mol. The summed E-state index contributed by atoms with van der Waals surface area (Å²) in [6.45, 7) is 18.8. The van der Waals surface area contributed by atoms with Gasteiger partial charge in [0, 0.05) is 6.92 Å². The molecule has 0 radical (unpaired) electrons. The first-order valence-electron chi connectivity index (χ1n) is 18.4. The number of esters is 1. The van der Waals surface area contributed by atoms with Crippen molar-refractivity contribution in [3.63, 3.8) is 0 Å². The van der Waals surface area contributed by atoms with Crippen molar-refractivity contribution in [2.24, 2.45) is 56.7 Å². The van der Waals surface area contributed by atoms with Crippen LogP contribution in [-0.2, 0) is 19.0 Å². The van der Waals surface area contributed by atoms with Crippen molar-refractivity contribution in [3.8, 4) is 0 Å². The van der Waals surface area contributed by atoms with Gasteiger partial charge in [0.1, 0.15) is 36.6 Å². The van der Waals surface area contributed by atoms with Crippen molar-refractivity contribution >= 4 is 5.97 Å². The topological polar surface area (TPSA) is 166 Å². The van der Waals surface area contributed by atoms with Crippen molar-refractivity contribution < 1.29 is 49.6 Å². The molecule has 4 saturated carbocycles. The summed E-state index contributed by atoms with van der Waals surface area (Å²) >= 11 is 0. The van der Waals surface area contributed by atoms with E-state index in [2.05, 4.69) is 61.5 Å². The lowest BCUT2D eigenvalue weighted by Crippen LogP contribution is -2.66. The van der Waals surface area contributed by atoms with Crippen LogP contribution >= 0.6 is 0 Å². The van der Waals surface area contributed by atoms with E-state index < -0.39 is 73.1 Å². The third-order valence-corrected chi connectivity index (χ3v) is 15.5. The van der Waals surface area contributed by atoms with Crippen LogP contribution in [0.15, 0.2) is 11.6 Å². The molecule has 0 spiro atoms. The number of hydrogen-bond acceptors (Lipinski definition) is 10. The van der Waals surface area contributed by atoms with E-state index in [1.807, 2.05) is 0 Å². The van der Waals surface area contributed by atoms with Gasteiger partial charge < -0.3 is 44.8 Å². The molecule has 0 aromatic carbocycles. The maximum Gasteiger partial charge on any atom is 0.302 e. The van der Waals surface area contributed by atoms with Crippen molar-refractivity contribution in [1.82, 2.24) is 0 Å². The molecule has 6 N–H and O–H groups in total. The number of fused-ring (bicyclic) bond motifs is 7. The van der Waals surface area contributed by atoms with Crippen molar-refractivity contribution in [1.29, 1.82) is 0 Å². The highest BCUT2D eigenvalue weighted by Crippen LogP contribution is 2.76. The Morgan fingerprint density at radius 1 is 0.917 bits per heavy atom. The number of rotatable bonds is 5. The number of carbonyl (C=O) groups is 1. The maximum absolute atomic E-state index is 12.6. The molecule has 5 aliphatic carbocycles. The molecule has 10 heteroatoms. The number of aliphatic hydroxyl groups excluding tert-OH is 6. The molecule has 274 valence electrons. The largest absolute Gasteiger partial charge is 0.460 e. The first-order valence-corrected chi connectivity index (χ1v) is 18.4.